The average molecular weight is 378 g/mol. The van der Waals surface area contributed by atoms with Crippen molar-refractivity contribution in [1.29, 1.82) is 0 Å². The standard InChI is InChI=1S/C19H18N6OS/c20-15(26)12-16-23-18(25(24-16)17-8-3-4-11-21-17)9-5-10-19-22-13-6-1-2-7-14(13)27-19/h1-4,6-8,11H,5,9-10,12H2,(H2,20,26). The second kappa shape index (κ2) is 7.63. The van der Waals surface area contributed by atoms with Gasteiger partial charge in [-0.3, -0.25) is 4.79 Å². The molecule has 136 valence electrons. The van der Waals surface area contributed by atoms with Gasteiger partial charge < -0.3 is 5.73 Å². The molecule has 0 saturated carbocycles. The zero-order valence-electron chi connectivity index (χ0n) is 14.6. The number of pyridine rings is 1. The van der Waals surface area contributed by atoms with E-state index in [-0.39, 0.29) is 6.42 Å². The van der Waals surface area contributed by atoms with Gasteiger partial charge in [-0.15, -0.1) is 16.4 Å². The van der Waals surface area contributed by atoms with E-state index >= 15 is 0 Å². The highest BCUT2D eigenvalue weighted by atomic mass is 32.1. The topological polar surface area (TPSA) is 99.6 Å². The van der Waals surface area contributed by atoms with Crippen LogP contribution >= 0.6 is 11.3 Å². The van der Waals surface area contributed by atoms with E-state index in [4.69, 9.17) is 5.73 Å². The Balaban J connectivity index is 1.51. The van der Waals surface area contributed by atoms with E-state index in [2.05, 4.69) is 26.1 Å². The third-order valence-electron chi connectivity index (χ3n) is 4.05. The van der Waals surface area contributed by atoms with Gasteiger partial charge in [-0.25, -0.2) is 15.0 Å². The van der Waals surface area contributed by atoms with E-state index in [9.17, 15) is 4.79 Å². The predicted molar refractivity (Wildman–Crippen MR) is 104 cm³/mol. The van der Waals surface area contributed by atoms with Gasteiger partial charge in [-0.1, -0.05) is 18.2 Å². The van der Waals surface area contributed by atoms with E-state index < -0.39 is 5.91 Å². The van der Waals surface area contributed by atoms with E-state index in [0.29, 0.717) is 18.1 Å². The molecular formula is C19H18N6OS. The number of nitrogens with two attached hydrogens (primary N) is 1. The van der Waals surface area contributed by atoms with Crippen LogP contribution in [0.2, 0.25) is 0 Å². The van der Waals surface area contributed by atoms with Crippen LogP contribution < -0.4 is 5.73 Å². The van der Waals surface area contributed by atoms with Crippen molar-refractivity contribution in [2.75, 3.05) is 0 Å². The summed E-state index contributed by atoms with van der Waals surface area (Å²) in [6.45, 7) is 0. The molecule has 27 heavy (non-hydrogen) atoms. The van der Waals surface area contributed by atoms with Crippen LogP contribution in [0.15, 0.2) is 48.7 Å². The minimum Gasteiger partial charge on any atom is -0.369 e. The van der Waals surface area contributed by atoms with Crippen LogP contribution in [0.4, 0.5) is 0 Å². The first kappa shape index (κ1) is 17.3. The van der Waals surface area contributed by atoms with Gasteiger partial charge in [0.2, 0.25) is 5.91 Å². The SMILES string of the molecule is NC(=O)Cc1nc(CCCc2nc3ccccc3s2)n(-c2ccccn2)n1. The predicted octanol–water partition coefficient (Wildman–Crippen LogP) is 2.48. The Hall–Kier alpha value is -3.13. The first-order valence-corrected chi connectivity index (χ1v) is 9.49. The van der Waals surface area contributed by atoms with Gasteiger partial charge in [-0.05, 0) is 37.1 Å². The number of nitrogens with zero attached hydrogens (tertiary/aromatic N) is 5. The molecule has 0 bridgehead atoms. The Kier molecular flexibility index (Phi) is 4.88. The molecule has 3 aromatic heterocycles. The third-order valence-corrected chi connectivity index (χ3v) is 5.14. The number of carbonyl (C=O) groups is 1. The zero-order chi connectivity index (χ0) is 18.6. The molecule has 0 aliphatic carbocycles. The molecule has 1 amide bonds. The number of aryl methyl sites for hydroxylation is 2. The quantitative estimate of drug-likeness (QED) is 0.532. The lowest BCUT2D eigenvalue weighted by Crippen LogP contribution is -2.14. The summed E-state index contributed by atoms with van der Waals surface area (Å²) in [4.78, 5) is 24.7. The maximum atomic E-state index is 11.2. The first-order chi connectivity index (χ1) is 13.2. The molecule has 1 aromatic carbocycles. The number of carbonyl (C=O) groups excluding carboxylic acids is 1. The molecule has 0 aliphatic rings. The van der Waals surface area contributed by atoms with E-state index in [1.807, 2.05) is 36.4 Å². The highest BCUT2D eigenvalue weighted by Gasteiger charge is 2.14. The van der Waals surface area contributed by atoms with Crippen molar-refractivity contribution < 1.29 is 4.79 Å². The molecule has 0 spiro atoms. The monoisotopic (exact) mass is 378 g/mol. The summed E-state index contributed by atoms with van der Waals surface area (Å²) in [6, 6.07) is 13.7. The van der Waals surface area contributed by atoms with Crippen molar-refractivity contribution in [3.05, 3.63) is 65.3 Å². The van der Waals surface area contributed by atoms with Crippen molar-refractivity contribution in [3.8, 4) is 5.82 Å². The second-order valence-electron chi connectivity index (χ2n) is 6.12. The number of benzene rings is 1. The fraction of sp³-hybridized carbons (Fsp3) is 0.211. The number of hydrogen-bond donors (Lipinski definition) is 1. The first-order valence-electron chi connectivity index (χ1n) is 8.68. The lowest BCUT2D eigenvalue weighted by molar-refractivity contribution is -0.117. The summed E-state index contributed by atoms with van der Waals surface area (Å²) in [5, 5.41) is 5.52. The van der Waals surface area contributed by atoms with Crippen LogP contribution in [0, 0.1) is 0 Å². The number of amides is 1. The minimum atomic E-state index is -0.450. The largest absolute Gasteiger partial charge is 0.369 e. The van der Waals surface area contributed by atoms with E-state index in [1.54, 1.807) is 22.2 Å². The molecule has 3 heterocycles. The summed E-state index contributed by atoms with van der Waals surface area (Å²) < 4.78 is 2.89. The number of para-hydroxylation sites is 1. The summed E-state index contributed by atoms with van der Waals surface area (Å²) in [7, 11) is 0. The molecule has 8 heteroatoms. The van der Waals surface area contributed by atoms with E-state index in [1.165, 1.54) is 4.70 Å². The van der Waals surface area contributed by atoms with Crippen LogP contribution in [-0.4, -0.2) is 30.6 Å². The maximum Gasteiger partial charge on any atom is 0.225 e. The smallest absolute Gasteiger partial charge is 0.225 e. The van der Waals surface area contributed by atoms with Crippen molar-refractivity contribution in [3.63, 3.8) is 0 Å². The van der Waals surface area contributed by atoms with Crippen molar-refractivity contribution in [1.82, 2.24) is 24.7 Å². The molecule has 0 fully saturated rings. The highest BCUT2D eigenvalue weighted by molar-refractivity contribution is 7.18. The summed E-state index contributed by atoms with van der Waals surface area (Å²) >= 11 is 1.72. The number of rotatable bonds is 7. The van der Waals surface area contributed by atoms with Crippen LogP contribution in [0.3, 0.4) is 0 Å². The Bertz CT molecular complexity index is 1040. The molecule has 0 radical (unpaired) electrons. The Morgan fingerprint density at radius 1 is 1.07 bits per heavy atom. The number of primary amides is 1. The van der Waals surface area contributed by atoms with Crippen LogP contribution in [0.5, 0.6) is 0 Å². The number of thiazole rings is 1. The third kappa shape index (κ3) is 4.01. The lowest BCUT2D eigenvalue weighted by atomic mass is 10.2. The summed E-state index contributed by atoms with van der Waals surface area (Å²) in [6.07, 6.45) is 4.17. The molecule has 0 saturated heterocycles. The normalized spacial score (nSPS) is 11.1. The lowest BCUT2D eigenvalue weighted by Gasteiger charge is -2.04. The van der Waals surface area contributed by atoms with Crippen LogP contribution in [0.25, 0.3) is 16.0 Å². The van der Waals surface area contributed by atoms with Crippen molar-refractivity contribution in [2.24, 2.45) is 5.73 Å². The van der Waals surface area contributed by atoms with Gasteiger partial charge in [0, 0.05) is 12.6 Å². The minimum absolute atomic E-state index is 0.0186. The molecule has 7 nitrogen and oxygen atoms in total. The van der Waals surface area contributed by atoms with Gasteiger partial charge in [0.05, 0.1) is 21.6 Å². The van der Waals surface area contributed by atoms with E-state index in [0.717, 1.165) is 29.2 Å². The summed E-state index contributed by atoms with van der Waals surface area (Å²) in [5.74, 6) is 1.42. The molecule has 0 atom stereocenters. The van der Waals surface area contributed by atoms with Gasteiger partial charge in [0.15, 0.2) is 11.6 Å². The highest BCUT2D eigenvalue weighted by Crippen LogP contribution is 2.23. The molecular weight excluding hydrogens is 360 g/mol. The van der Waals surface area contributed by atoms with Gasteiger partial charge in [-0.2, -0.15) is 4.68 Å². The van der Waals surface area contributed by atoms with Gasteiger partial charge in [0.1, 0.15) is 5.82 Å². The average Bonchev–Trinajstić information content (AvgIpc) is 3.25. The zero-order valence-corrected chi connectivity index (χ0v) is 15.4. The Morgan fingerprint density at radius 2 is 1.93 bits per heavy atom. The fourth-order valence-electron chi connectivity index (χ4n) is 2.87. The van der Waals surface area contributed by atoms with Crippen LogP contribution in [-0.2, 0) is 24.1 Å². The number of fused-ring (bicyclic) bond motifs is 1. The molecule has 4 rings (SSSR count). The van der Waals surface area contributed by atoms with Gasteiger partial charge in [0.25, 0.3) is 0 Å². The maximum absolute atomic E-state index is 11.2. The summed E-state index contributed by atoms with van der Waals surface area (Å²) in [5.41, 5.74) is 6.32. The molecule has 4 aromatic rings. The van der Waals surface area contributed by atoms with Crippen LogP contribution in [0.1, 0.15) is 23.1 Å². The molecule has 0 unspecified atom stereocenters. The number of hydrogen-bond acceptors (Lipinski definition) is 6. The van der Waals surface area contributed by atoms with Gasteiger partial charge >= 0.3 is 0 Å². The molecule has 0 aliphatic heterocycles. The Morgan fingerprint density at radius 3 is 2.70 bits per heavy atom. The van der Waals surface area contributed by atoms with Crippen molar-refractivity contribution in [2.45, 2.75) is 25.7 Å². The number of aromatic nitrogens is 5. The second-order valence-corrected chi connectivity index (χ2v) is 7.23. The fourth-order valence-corrected chi connectivity index (χ4v) is 3.88. The van der Waals surface area contributed by atoms with Crippen molar-refractivity contribution >= 4 is 27.5 Å². The Labute approximate surface area is 159 Å². The molecule has 2 N–H and O–H groups in total.